The molecule has 0 aliphatic carbocycles. The van der Waals surface area contributed by atoms with E-state index in [-0.39, 0.29) is 5.91 Å². The Morgan fingerprint density at radius 1 is 1.67 bits per heavy atom. The molecule has 4 nitrogen and oxygen atoms in total. The van der Waals surface area contributed by atoms with Gasteiger partial charge in [-0.1, -0.05) is 40.3 Å². The summed E-state index contributed by atoms with van der Waals surface area (Å²) in [7, 11) is 0. The van der Waals surface area contributed by atoms with Gasteiger partial charge in [0.15, 0.2) is 0 Å². The second-order valence-corrected chi connectivity index (χ2v) is 4.87. The predicted molar refractivity (Wildman–Crippen MR) is 64.3 cm³/mol. The molecule has 82 valence electrons. The number of hydrogen-bond acceptors (Lipinski definition) is 4. The average molecular weight is 290 g/mol. The fraction of sp³-hybridized carbons (Fsp3) is 0.444. The fourth-order valence-corrected chi connectivity index (χ4v) is 1.80. The first kappa shape index (κ1) is 12.3. The van der Waals surface area contributed by atoms with Crippen molar-refractivity contribution in [1.82, 2.24) is 14.9 Å². The maximum Gasteiger partial charge on any atom is 0.265 e. The quantitative estimate of drug-likeness (QED) is 0.903. The lowest BCUT2D eigenvalue weighted by Crippen LogP contribution is -2.24. The van der Waals surface area contributed by atoms with Crippen molar-refractivity contribution in [2.24, 2.45) is 0 Å². The predicted octanol–water partition coefficient (Wildman–Crippen LogP) is 2.13. The number of hydrogen-bond donors (Lipinski definition) is 1. The molecule has 1 amide bonds. The highest BCUT2D eigenvalue weighted by atomic mass is 79.9. The second kappa shape index (κ2) is 5.97. The van der Waals surface area contributed by atoms with E-state index < -0.39 is 0 Å². The summed E-state index contributed by atoms with van der Waals surface area (Å²) >= 11 is 4.31. The number of rotatable bonds is 5. The Hall–Kier alpha value is -0.750. The van der Waals surface area contributed by atoms with E-state index in [1.54, 1.807) is 0 Å². The summed E-state index contributed by atoms with van der Waals surface area (Å²) in [5, 5.41) is 6.66. The van der Waals surface area contributed by atoms with Crippen LogP contribution in [0.15, 0.2) is 11.1 Å². The van der Waals surface area contributed by atoms with Crippen molar-refractivity contribution in [2.75, 3.05) is 6.54 Å². The molecule has 0 bridgehead atoms. The number of nitrogens with one attached hydrogen (secondary N) is 1. The normalized spacial score (nSPS) is 10.0. The first-order valence-electron chi connectivity index (χ1n) is 4.57. The third-order valence-corrected chi connectivity index (χ3v) is 2.74. The smallest absolute Gasteiger partial charge is 0.265 e. The van der Waals surface area contributed by atoms with E-state index in [1.807, 2.05) is 6.92 Å². The number of carbonyl (C=O) groups is 1. The molecular weight excluding hydrogens is 278 g/mol. The Kier molecular flexibility index (Phi) is 4.90. The summed E-state index contributed by atoms with van der Waals surface area (Å²) in [6.07, 6.45) is 1.74. The zero-order chi connectivity index (χ0) is 11.3. The summed E-state index contributed by atoms with van der Waals surface area (Å²) in [6, 6.07) is 0. The van der Waals surface area contributed by atoms with Crippen LogP contribution in [0.1, 0.15) is 28.7 Å². The number of aromatic nitrogens is 2. The van der Waals surface area contributed by atoms with Gasteiger partial charge in [-0.15, -0.1) is 5.10 Å². The molecule has 0 spiro atoms. The third kappa shape index (κ3) is 3.71. The number of nitrogens with zero attached hydrogens (tertiary/aromatic N) is 2. The van der Waals surface area contributed by atoms with E-state index in [0.29, 0.717) is 11.4 Å². The molecule has 0 aliphatic rings. The number of halogens is 1. The Bertz CT molecular complexity index is 364. The van der Waals surface area contributed by atoms with Gasteiger partial charge in [-0.05, 0) is 18.0 Å². The van der Waals surface area contributed by atoms with Crippen LogP contribution < -0.4 is 5.32 Å². The minimum Gasteiger partial charge on any atom is -0.347 e. The van der Waals surface area contributed by atoms with Gasteiger partial charge < -0.3 is 5.32 Å². The first-order chi connectivity index (χ1) is 7.15. The van der Waals surface area contributed by atoms with Crippen molar-refractivity contribution < 1.29 is 4.79 Å². The minimum absolute atomic E-state index is 0.131. The van der Waals surface area contributed by atoms with Crippen molar-refractivity contribution in [3.63, 3.8) is 0 Å². The van der Waals surface area contributed by atoms with Gasteiger partial charge in [-0.2, -0.15) is 0 Å². The van der Waals surface area contributed by atoms with Crippen LogP contribution in [-0.4, -0.2) is 22.0 Å². The Labute approximate surface area is 101 Å². The standard InChI is InChI=1S/C9H12BrN3OS/c1-3-4-7-8(15-13-12-7)9(14)11-5-6(2)10/h2-5H2,1H3,(H,11,14). The molecule has 0 atom stereocenters. The summed E-state index contributed by atoms with van der Waals surface area (Å²) < 4.78 is 4.53. The summed E-state index contributed by atoms with van der Waals surface area (Å²) in [5.74, 6) is -0.131. The maximum atomic E-state index is 11.7. The van der Waals surface area contributed by atoms with E-state index >= 15 is 0 Å². The number of carbonyl (C=O) groups excluding carboxylic acids is 1. The lowest BCUT2D eigenvalue weighted by Gasteiger charge is -2.02. The van der Waals surface area contributed by atoms with Gasteiger partial charge in [-0.25, -0.2) is 0 Å². The Balaban J connectivity index is 2.64. The van der Waals surface area contributed by atoms with E-state index in [9.17, 15) is 4.79 Å². The first-order valence-corrected chi connectivity index (χ1v) is 6.14. The molecule has 1 heterocycles. The van der Waals surface area contributed by atoms with E-state index in [1.165, 1.54) is 0 Å². The van der Waals surface area contributed by atoms with Crippen LogP contribution in [0.3, 0.4) is 0 Å². The molecule has 1 aromatic heterocycles. The van der Waals surface area contributed by atoms with Crippen molar-refractivity contribution in [3.05, 3.63) is 21.6 Å². The Morgan fingerprint density at radius 2 is 2.40 bits per heavy atom. The summed E-state index contributed by atoms with van der Waals surface area (Å²) in [5.41, 5.74) is 0.778. The molecule has 0 unspecified atom stereocenters. The maximum absolute atomic E-state index is 11.7. The van der Waals surface area contributed by atoms with Crippen molar-refractivity contribution in [1.29, 1.82) is 0 Å². The molecule has 15 heavy (non-hydrogen) atoms. The van der Waals surface area contributed by atoms with Crippen LogP contribution in [-0.2, 0) is 6.42 Å². The molecular formula is C9H12BrN3OS. The number of aryl methyl sites for hydroxylation is 1. The van der Waals surface area contributed by atoms with Crippen LogP contribution in [0.5, 0.6) is 0 Å². The van der Waals surface area contributed by atoms with Gasteiger partial charge in [0.05, 0.1) is 5.69 Å². The van der Waals surface area contributed by atoms with Crippen molar-refractivity contribution >= 4 is 33.4 Å². The second-order valence-electron chi connectivity index (χ2n) is 3.00. The zero-order valence-electron chi connectivity index (χ0n) is 8.42. The monoisotopic (exact) mass is 289 g/mol. The van der Waals surface area contributed by atoms with Gasteiger partial charge in [0.2, 0.25) is 0 Å². The molecule has 1 N–H and O–H groups in total. The third-order valence-electron chi connectivity index (χ3n) is 1.69. The molecule has 0 saturated heterocycles. The van der Waals surface area contributed by atoms with Crippen molar-refractivity contribution in [2.45, 2.75) is 19.8 Å². The van der Waals surface area contributed by atoms with Gasteiger partial charge >= 0.3 is 0 Å². The molecule has 1 aromatic rings. The molecule has 0 radical (unpaired) electrons. The highest BCUT2D eigenvalue weighted by Crippen LogP contribution is 2.12. The molecule has 0 fully saturated rings. The highest BCUT2D eigenvalue weighted by molar-refractivity contribution is 9.11. The van der Waals surface area contributed by atoms with Gasteiger partial charge in [0.1, 0.15) is 4.88 Å². The Morgan fingerprint density at radius 3 is 3.00 bits per heavy atom. The van der Waals surface area contributed by atoms with Gasteiger partial charge in [0.25, 0.3) is 5.91 Å². The molecule has 6 heteroatoms. The zero-order valence-corrected chi connectivity index (χ0v) is 10.8. The van der Waals surface area contributed by atoms with E-state index in [0.717, 1.165) is 34.6 Å². The van der Waals surface area contributed by atoms with E-state index in [4.69, 9.17) is 0 Å². The minimum atomic E-state index is -0.131. The van der Waals surface area contributed by atoms with Gasteiger partial charge in [-0.3, -0.25) is 4.79 Å². The van der Waals surface area contributed by atoms with Crippen LogP contribution in [0.25, 0.3) is 0 Å². The topological polar surface area (TPSA) is 54.9 Å². The van der Waals surface area contributed by atoms with Crippen LogP contribution in [0.4, 0.5) is 0 Å². The summed E-state index contributed by atoms with van der Waals surface area (Å²) in [6.45, 7) is 6.10. The van der Waals surface area contributed by atoms with Crippen LogP contribution in [0.2, 0.25) is 0 Å². The number of amides is 1. The largest absolute Gasteiger partial charge is 0.347 e. The molecule has 1 rings (SSSR count). The fourth-order valence-electron chi connectivity index (χ4n) is 1.04. The molecule has 0 aliphatic heterocycles. The lowest BCUT2D eigenvalue weighted by atomic mass is 10.2. The van der Waals surface area contributed by atoms with Crippen LogP contribution in [0, 0.1) is 0 Å². The van der Waals surface area contributed by atoms with E-state index in [2.05, 4.69) is 37.4 Å². The van der Waals surface area contributed by atoms with Gasteiger partial charge in [0, 0.05) is 11.0 Å². The van der Waals surface area contributed by atoms with Crippen molar-refractivity contribution in [3.8, 4) is 0 Å². The highest BCUT2D eigenvalue weighted by Gasteiger charge is 2.14. The molecule has 0 aromatic carbocycles. The summed E-state index contributed by atoms with van der Waals surface area (Å²) in [4.78, 5) is 12.3. The average Bonchev–Trinajstić information content (AvgIpc) is 2.63. The molecule has 0 saturated carbocycles. The van der Waals surface area contributed by atoms with Crippen LogP contribution >= 0.6 is 27.5 Å². The lowest BCUT2D eigenvalue weighted by molar-refractivity contribution is 0.0960. The SMILES string of the molecule is C=C(Br)CNC(=O)c1snnc1CCC.